The lowest BCUT2D eigenvalue weighted by atomic mass is 10.0. The van der Waals surface area contributed by atoms with E-state index in [1.165, 1.54) is 0 Å². The summed E-state index contributed by atoms with van der Waals surface area (Å²) >= 11 is 0. The zero-order valence-electron chi connectivity index (χ0n) is 16.6. The van der Waals surface area contributed by atoms with E-state index in [4.69, 9.17) is 9.90 Å². The fourth-order valence-electron chi connectivity index (χ4n) is 3.46. The van der Waals surface area contributed by atoms with Gasteiger partial charge >= 0.3 is 18.2 Å². The van der Waals surface area contributed by atoms with E-state index in [1.807, 2.05) is 17.0 Å². The second kappa shape index (κ2) is 9.77. The van der Waals surface area contributed by atoms with Crippen LogP contribution in [0.25, 0.3) is 11.3 Å². The van der Waals surface area contributed by atoms with E-state index >= 15 is 0 Å². The highest BCUT2D eigenvalue weighted by molar-refractivity contribution is 5.76. The molecule has 1 saturated heterocycles. The quantitative estimate of drug-likeness (QED) is 0.566. The molecule has 1 atom stereocenters. The van der Waals surface area contributed by atoms with Crippen molar-refractivity contribution in [3.8, 4) is 11.3 Å². The Hall–Kier alpha value is -3.15. The van der Waals surface area contributed by atoms with Crippen molar-refractivity contribution >= 4 is 12.0 Å². The highest BCUT2D eigenvalue weighted by atomic mass is 19.4. The number of nitrogens with one attached hydrogen (secondary N) is 3. The van der Waals surface area contributed by atoms with Crippen molar-refractivity contribution in [2.24, 2.45) is 0 Å². The molecule has 4 heterocycles. The number of H-pyrrole nitrogens is 1. The molecule has 0 spiro atoms. The first-order chi connectivity index (χ1) is 14.8. The molecule has 0 saturated carbocycles. The number of aromatic amines is 1. The number of nitrogens with zero attached hydrogens (tertiary/aromatic N) is 3. The van der Waals surface area contributed by atoms with Crippen molar-refractivity contribution in [1.82, 2.24) is 30.7 Å². The average Bonchev–Trinajstić information content (AvgIpc) is 3.18. The predicted molar refractivity (Wildman–Crippen MR) is 104 cm³/mol. The van der Waals surface area contributed by atoms with Crippen LogP contribution < -0.4 is 10.6 Å². The number of pyridine rings is 1. The van der Waals surface area contributed by atoms with Crippen LogP contribution in [0.15, 0.2) is 24.5 Å². The summed E-state index contributed by atoms with van der Waals surface area (Å²) in [7, 11) is 0. The Morgan fingerprint density at radius 1 is 1.26 bits per heavy atom. The summed E-state index contributed by atoms with van der Waals surface area (Å²) in [5, 5.41) is 21.2. The molecule has 2 aliphatic rings. The fourth-order valence-corrected chi connectivity index (χ4v) is 3.46. The summed E-state index contributed by atoms with van der Waals surface area (Å²) in [5.74, 6) is -2.76. The summed E-state index contributed by atoms with van der Waals surface area (Å²) in [6.07, 6.45) is 1.41. The van der Waals surface area contributed by atoms with Gasteiger partial charge in [-0.3, -0.25) is 10.1 Å². The van der Waals surface area contributed by atoms with E-state index in [1.54, 1.807) is 12.4 Å². The maximum absolute atomic E-state index is 12.6. The van der Waals surface area contributed by atoms with Gasteiger partial charge in [-0.1, -0.05) is 0 Å². The van der Waals surface area contributed by atoms with Gasteiger partial charge in [0.2, 0.25) is 0 Å². The number of carboxylic acid groups (broad SMARTS) is 1. The number of hydrogen-bond donors (Lipinski definition) is 4. The predicted octanol–water partition coefficient (Wildman–Crippen LogP) is 1.92. The Bertz CT molecular complexity index is 897. The van der Waals surface area contributed by atoms with Crippen molar-refractivity contribution < 1.29 is 27.9 Å². The molecule has 2 amide bonds. The van der Waals surface area contributed by atoms with Crippen molar-refractivity contribution in [2.75, 3.05) is 19.6 Å². The van der Waals surface area contributed by atoms with Gasteiger partial charge in [0.05, 0.1) is 12.2 Å². The minimum absolute atomic E-state index is 0.0243. The van der Waals surface area contributed by atoms with Crippen LogP contribution in [0.5, 0.6) is 0 Å². The third-order valence-corrected chi connectivity index (χ3v) is 5.04. The van der Waals surface area contributed by atoms with Gasteiger partial charge in [0.15, 0.2) is 0 Å². The molecule has 0 aliphatic carbocycles. The standard InChI is InChI=1S/C17H22N6O.C2HF3O2/c24-17(20-13-2-1-6-19-10-13)23-9-5-15-14(11-23)16(22-21-15)12-3-7-18-8-4-12;3-2(4,5)1(6)7/h3-4,7-8,13,19H,1-2,5-6,9-11H2,(H,20,24)(H,21,22);(H,6,7). The molecule has 2 aromatic heterocycles. The first-order valence-electron chi connectivity index (χ1n) is 9.78. The number of carboxylic acids is 1. The number of alkyl halides is 3. The number of fused-ring (bicyclic) bond motifs is 1. The van der Waals surface area contributed by atoms with E-state index < -0.39 is 12.1 Å². The Morgan fingerprint density at radius 2 is 1.97 bits per heavy atom. The molecule has 12 heteroatoms. The van der Waals surface area contributed by atoms with Gasteiger partial charge in [-0.2, -0.15) is 18.3 Å². The van der Waals surface area contributed by atoms with Crippen molar-refractivity contribution in [2.45, 2.75) is 38.0 Å². The van der Waals surface area contributed by atoms with Crippen LogP contribution in [0.2, 0.25) is 0 Å². The van der Waals surface area contributed by atoms with Crippen LogP contribution in [0.3, 0.4) is 0 Å². The van der Waals surface area contributed by atoms with E-state index in [9.17, 15) is 18.0 Å². The summed E-state index contributed by atoms with van der Waals surface area (Å²) in [6.45, 7) is 3.22. The zero-order chi connectivity index (χ0) is 22.4. The van der Waals surface area contributed by atoms with Crippen LogP contribution in [0.1, 0.15) is 24.1 Å². The van der Waals surface area contributed by atoms with Crippen molar-refractivity contribution in [3.63, 3.8) is 0 Å². The highest BCUT2D eigenvalue weighted by Gasteiger charge is 2.38. The van der Waals surface area contributed by atoms with Gasteiger partial charge < -0.3 is 20.6 Å². The number of urea groups is 1. The molecule has 4 N–H and O–H groups in total. The summed E-state index contributed by atoms with van der Waals surface area (Å²) in [6, 6.07) is 4.15. The lowest BCUT2D eigenvalue weighted by molar-refractivity contribution is -0.192. The van der Waals surface area contributed by atoms with Gasteiger partial charge in [-0.25, -0.2) is 9.59 Å². The number of halogens is 3. The summed E-state index contributed by atoms with van der Waals surface area (Å²) in [5.41, 5.74) is 4.19. The van der Waals surface area contributed by atoms with Crippen LogP contribution >= 0.6 is 0 Å². The molecule has 0 radical (unpaired) electrons. The molecule has 168 valence electrons. The molecular formula is C19H23F3N6O3. The molecular weight excluding hydrogens is 417 g/mol. The molecule has 0 aromatic carbocycles. The van der Waals surface area contributed by atoms with Crippen LogP contribution in [-0.2, 0) is 17.8 Å². The maximum atomic E-state index is 12.6. The normalized spacial score (nSPS) is 18.4. The number of carbonyl (C=O) groups is 2. The number of amides is 2. The lowest BCUT2D eigenvalue weighted by Crippen LogP contribution is -2.51. The smallest absolute Gasteiger partial charge is 0.475 e. The summed E-state index contributed by atoms with van der Waals surface area (Å²) in [4.78, 5) is 27.4. The van der Waals surface area contributed by atoms with Crippen molar-refractivity contribution in [3.05, 3.63) is 35.8 Å². The number of carbonyl (C=O) groups excluding carboxylic acids is 1. The Kier molecular flexibility index (Phi) is 7.10. The van der Waals surface area contributed by atoms with E-state index in [2.05, 4.69) is 25.8 Å². The molecule has 1 fully saturated rings. The molecule has 4 rings (SSSR count). The number of hydrogen-bond acceptors (Lipinski definition) is 5. The van der Waals surface area contributed by atoms with E-state index in [-0.39, 0.29) is 12.1 Å². The monoisotopic (exact) mass is 440 g/mol. The maximum Gasteiger partial charge on any atom is 0.490 e. The van der Waals surface area contributed by atoms with Gasteiger partial charge in [0.25, 0.3) is 0 Å². The van der Waals surface area contributed by atoms with Crippen LogP contribution in [0, 0.1) is 0 Å². The molecule has 31 heavy (non-hydrogen) atoms. The largest absolute Gasteiger partial charge is 0.490 e. The number of aliphatic carboxylic acids is 1. The first kappa shape index (κ1) is 22.5. The van der Waals surface area contributed by atoms with E-state index in [0.717, 1.165) is 61.4 Å². The summed E-state index contributed by atoms with van der Waals surface area (Å²) < 4.78 is 31.7. The minimum Gasteiger partial charge on any atom is -0.475 e. The Balaban J connectivity index is 0.000000339. The van der Waals surface area contributed by atoms with Gasteiger partial charge in [-0.15, -0.1) is 0 Å². The lowest BCUT2D eigenvalue weighted by Gasteiger charge is -2.31. The third-order valence-electron chi connectivity index (χ3n) is 5.04. The number of rotatable bonds is 2. The topological polar surface area (TPSA) is 123 Å². The molecule has 2 aliphatic heterocycles. The number of piperidine rings is 1. The zero-order valence-corrected chi connectivity index (χ0v) is 16.6. The van der Waals surface area contributed by atoms with Gasteiger partial charge in [0.1, 0.15) is 0 Å². The molecule has 2 aromatic rings. The molecule has 0 bridgehead atoms. The first-order valence-corrected chi connectivity index (χ1v) is 9.78. The van der Waals surface area contributed by atoms with Gasteiger partial charge in [0, 0.05) is 54.8 Å². The molecule has 1 unspecified atom stereocenters. The Labute approximate surface area is 176 Å². The minimum atomic E-state index is -5.08. The van der Waals surface area contributed by atoms with Gasteiger partial charge in [-0.05, 0) is 31.5 Å². The molecule has 9 nitrogen and oxygen atoms in total. The SMILES string of the molecule is O=C(NC1CCCNC1)N1CCc2[nH]nc(-c3ccncc3)c2C1.O=C(O)C(F)(F)F. The van der Waals surface area contributed by atoms with Crippen LogP contribution in [0.4, 0.5) is 18.0 Å². The Morgan fingerprint density at radius 3 is 2.58 bits per heavy atom. The van der Waals surface area contributed by atoms with Crippen LogP contribution in [-0.4, -0.2) is 69.0 Å². The van der Waals surface area contributed by atoms with Crippen molar-refractivity contribution in [1.29, 1.82) is 0 Å². The third kappa shape index (κ3) is 5.94. The number of aromatic nitrogens is 3. The second-order valence-corrected chi connectivity index (χ2v) is 7.23. The second-order valence-electron chi connectivity index (χ2n) is 7.23. The van der Waals surface area contributed by atoms with E-state index in [0.29, 0.717) is 6.54 Å². The fraction of sp³-hybridized carbons (Fsp3) is 0.474. The average molecular weight is 440 g/mol. The highest BCUT2D eigenvalue weighted by Crippen LogP contribution is 2.28.